The van der Waals surface area contributed by atoms with Crippen molar-refractivity contribution in [1.29, 1.82) is 0 Å². The topological polar surface area (TPSA) is 66.0 Å². The molecule has 2 rings (SSSR count). The number of carbonyl (C=O) groups excluding carboxylic acids is 1. The van der Waals surface area contributed by atoms with Crippen molar-refractivity contribution in [2.75, 3.05) is 5.32 Å². The van der Waals surface area contributed by atoms with Gasteiger partial charge in [0.15, 0.2) is 5.11 Å². The summed E-state index contributed by atoms with van der Waals surface area (Å²) in [6.07, 6.45) is 3.08. The fourth-order valence-electron chi connectivity index (χ4n) is 1.59. The zero-order chi connectivity index (χ0) is 15.2. The lowest BCUT2D eigenvalue weighted by Gasteiger charge is -2.13. The number of pyridine rings is 1. The van der Waals surface area contributed by atoms with Crippen molar-refractivity contribution >= 4 is 40.5 Å². The molecule has 1 amide bonds. The van der Waals surface area contributed by atoms with E-state index >= 15 is 0 Å². The lowest BCUT2D eigenvalue weighted by Crippen LogP contribution is -2.43. The Morgan fingerprint density at radius 2 is 1.90 bits per heavy atom. The maximum absolute atomic E-state index is 11.8. The highest BCUT2D eigenvalue weighted by atomic mass is 35.5. The zero-order valence-corrected chi connectivity index (χ0v) is 12.8. The Labute approximate surface area is 132 Å². The average Bonchev–Trinajstić information content (AvgIpc) is 2.50. The molecular weight excluding hydrogens is 308 g/mol. The molecule has 1 aromatic carbocycles. The lowest BCUT2D eigenvalue weighted by atomic mass is 10.2. The van der Waals surface area contributed by atoms with Gasteiger partial charge in [-0.25, -0.2) is 0 Å². The standard InChI is InChI=1S/C14H13ClN4OS/c1-9-11(15)3-2-4-12(9)17-14(21)19-18-13(20)10-5-7-16-8-6-10/h2-8H,1H3,(H,18,20)(H2,17,19,21). The van der Waals surface area contributed by atoms with E-state index in [9.17, 15) is 4.79 Å². The second kappa shape index (κ2) is 7.01. The van der Waals surface area contributed by atoms with Crippen LogP contribution in [0.1, 0.15) is 15.9 Å². The number of rotatable bonds is 2. The first-order valence-electron chi connectivity index (χ1n) is 6.10. The molecule has 21 heavy (non-hydrogen) atoms. The molecule has 0 aliphatic carbocycles. The molecule has 1 heterocycles. The van der Waals surface area contributed by atoms with Gasteiger partial charge < -0.3 is 5.32 Å². The summed E-state index contributed by atoms with van der Waals surface area (Å²) in [7, 11) is 0. The first-order valence-corrected chi connectivity index (χ1v) is 6.89. The van der Waals surface area contributed by atoms with Crippen LogP contribution in [0.2, 0.25) is 5.02 Å². The largest absolute Gasteiger partial charge is 0.331 e. The summed E-state index contributed by atoms with van der Waals surface area (Å²) in [6.45, 7) is 1.88. The number of benzene rings is 1. The summed E-state index contributed by atoms with van der Waals surface area (Å²) < 4.78 is 0. The van der Waals surface area contributed by atoms with Crippen LogP contribution in [0.15, 0.2) is 42.7 Å². The number of thiocarbonyl (C=S) groups is 1. The third kappa shape index (κ3) is 4.14. The fraction of sp³-hybridized carbons (Fsp3) is 0.0714. The number of hydrogen-bond donors (Lipinski definition) is 3. The Hall–Kier alpha value is -2.18. The van der Waals surface area contributed by atoms with Gasteiger partial charge in [0.1, 0.15) is 0 Å². The van der Waals surface area contributed by atoms with Crippen molar-refractivity contribution in [3.8, 4) is 0 Å². The Morgan fingerprint density at radius 1 is 1.19 bits per heavy atom. The highest BCUT2D eigenvalue weighted by Crippen LogP contribution is 2.22. The molecule has 0 saturated heterocycles. The number of hydrogen-bond acceptors (Lipinski definition) is 3. The molecular formula is C14H13ClN4OS. The second-order valence-corrected chi connectivity index (χ2v) is 5.00. The van der Waals surface area contributed by atoms with Gasteiger partial charge in [0.25, 0.3) is 5.91 Å². The van der Waals surface area contributed by atoms with E-state index in [0.29, 0.717) is 10.6 Å². The number of halogens is 1. The molecule has 0 aliphatic heterocycles. The normalized spacial score (nSPS) is 9.81. The summed E-state index contributed by atoms with van der Waals surface area (Å²) in [5.74, 6) is -0.302. The average molecular weight is 321 g/mol. The molecule has 0 atom stereocenters. The Bertz CT molecular complexity index is 663. The summed E-state index contributed by atoms with van der Waals surface area (Å²) >= 11 is 11.1. The molecule has 0 aliphatic rings. The summed E-state index contributed by atoms with van der Waals surface area (Å²) in [5, 5.41) is 3.88. The third-order valence-electron chi connectivity index (χ3n) is 2.75. The van der Waals surface area contributed by atoms with E-state index in [-0.39, 0.29) is 11.0 Å². The van der Waals surface area contributed by atoms with Gasteiger partial charge in [-0.05, 0) is 49.0 Å². The molecule has 0 bridgehead atoms. The van der Waals surface area contributed by atoms with Crippen molar-refractivity contribution in [1.82, 2.24) is 15.8 Å². The zero-order valence-electron chi connectivity index (χ0n) is 11.2. The van der Waals surface area contributed by atoms with Gasteiger partial charge >= 0.3 is 0 Å². The first kappa shape index (κ1) is 15.2. The number of hydrazine groups is 1. The number of amides is 1. The van der Waals surface area contributed by atoms with E-state index in [1.54, 1.807) is 30.6 Å². The van der Waals surface area contributed by atoms with Gasteiger partial charge in [-0.15, -0.1) is 0 Å². The van der Waals surface area contributed by atoms with Crippen molar-refractivity contribution in [3.05, 3.63) is 58.9 Å². The van der Waals surface area contributed by atoms with Crippen LogP contribution in [-0.2, 0) is 0 Å². The van der Waals surface area contributed by atoms with Crippen molar-refractivity contribution in [2.45, 2.75) is 6.92 Å². The predicted molar refractivity (Wildman–Crippen MR) is 87.2 cm³/mol. The van der Waals surface area contributed by atoms with E-state index < -0.39 is 0 Å². The Balaban J connectivity index is 1.91. The van der Waals surface area contributed by atoms with Crippen LogP contribution in [0.4, 0.5) is 5.69 Å². The van der Waals surface area contributed by atoms with Crippen LogP contribution in [0, 0.1) is 6.92 Å². The van der Waals surface area contributed by atoms with Gasteiger partial charge in [-0.1, -0.05) is 17.7 Å². The fourth-order valence-corrected chi connectivity index (χ4v) is 1.92. The summed E-state index contributed by atoms with van der Waals surface area (Å²) in [5.41, 5.74) is 7.27. The van der Waals surface area contributed by atoms with Gasteiger partial charge in [0.2, 0.25) is 0 Å². The van der Waals surface area contributed by atoms with Gasteiger partial charge in [0, 0.05) is 28.7 Å². The minimum atomic E-state index is -0.302. The number of nitrogens with zero attached hydrogens (tertiary/aromatic N) is 1. The van der Waals surface area contributed by atoms with E-state index in [1.807, 2.05) is 19.1 Å². The molecule has 2 aromatic rings. The Morgan fingerprint density at radius 3 is 2.62 bits per heavy atom. The SMILES string of the molecule is Cc1c(Cl)cccc1NC(=S)NNC(=O)c1ccncc1. The van der Waals surface area contributed by atoms with Crippen molar-refractivity contribution in [2.24, 2.45) is 0 Å². The number of carbonyl (C=O) groups is 1. The smallest absolute Gasteiger partial charge is 0.269 e. The summed E-state index contributed by atoms with van der Waals surface area (Å²) in [6, 6.07) is 8.67. The molecule has 0 unspecified atom stereocenters. The Kier molecular flexibility index (Phi) is 5.08. The van der Waals surface area contributed by atoms with Crippen LogP contribution in [0.5, 0.6) is 0 Å². The summed E-state index contributed by atoms with van der Waals surface area (Å²) in [4.78, 5) is 15.7. The number of nitrogens with one attached hydrogen (secondary N) is 3. The molecule has 7 heteroatoms. The van der Waals surface area contributed by atoms with E-state index in [0.717, 1.165) is 11.3 Å². The minimum Gasteiger partial charge on any atom is -0.331 e. The minimum absolute atomic E-state index is 0.266. The van der Waals surface area contributed by atoms with Crippen LogP contribution in [0.25, 0.3) is 0 Å². The lowest BCUT2D eigenvalue weighted by molar-refractivity contribution is 0.0944. The maximum atomic E-state index is 11.8. The van der Waals surface area contributed by atoms with Crippen molar-refractivity contribution in [3.63, 3.8) is 0 Å². The predicted octanol–water partition coefficient (Wildman–Crippen LogP) is 2.67. The quantitative estimate of drug-likeness (QED) is 0.586. The monoisotopic (exact) mass is 320 g/mol. The molecule has 1 aromatic heterocycles. The van der Waals surface area contributed by atoms with Crippen LogP contribution < -0.4 is 16.2 Å². The van der Waals surface area contributed by atoms with Crippen LogP contribution in [-0.4, -0.2) is 16.0 Å². The maximum Gasteiger partial charge on any atom is 0.269 e. The molecule has 0 radical (unpaired) electrons. The number of anilines is 1. The molecule has 0 saturated carbocycles. The molecule has 0 spiro atoms. The third-order valence-corrected chi connectivity index (χ3v) is 3.36. The van der Waals surface area contributed by atoms with Crippen LogP contribution in [0.3, 0.4) is 0 Å². The molecule has 5 nitrogen and oxygen atoms in total. The second-order valence-electron chi connectivity index (χ2n) is 4.18. The number of aromatic nitrogens is 1. The van der Waals surface area contributed by atoms with E-state index in [4.69, 9.17) is 23.8 Å². The van der Waals surface area contributed by atoms with Gasteiger partial charge in [-0.3, -0.25) is 20.6 Å². The van der Waals surface area contributed by atoms with Crippen molar-refractivity contribution < 1.29 is 4.79 Å². The first-order chi connectivity index (χ1) is 10.1. The van der Waals surface area contributed by atoms with E-state index in [2.05, 4.69) is 21.2 Å². The van der Waals surface area contributed by atoms with E-state index in [1.165, 1.54) is 0 Å². The van der Waals surface area contributed by atoms with Gasteiger partial charge in [-0.2, -0.15) is 0 Å². The highest BCUT2D eigenvalue weighted by molar-refractivity contribution is 7.80. The van der Waals surface area contributed by atoms with Gasteiger partial charge in [0.05, 0.1) is 0 Å². The molecule has 3 N–H and O–H groups in total. The highest BCUT2D eigenvalue weighted by Gasteiger charge is 2.06. The molecule has 0 fully saturated rings. The van der Waals surface area contributed by atoms with Crippen LogP contribution >= 0.6 is 23.8 Å². The molecule has 108 valence electrons.